The van der Waals surface area contributed by atoms with Crippen molar-refractivity contribution in [3.8, 4) is 11.1 Å². The summed E-state index contributed by atoms with van der Waals surface area (Å²) in [5.41, 5.74) is 4.20. The van der Waals surface area contributed by atoms with Crippen molar-refractivity contribution in [2.24, 2.45) is 5.92 Å². The van der Waals surface area contributed by atoms with Gasteiger partial charge < -0.3 is 20.6 Å². The summed E-state index contributed by atoms with van der Waals surface area (Å²) < 4.78 is 0. The fourth-order valence-electron chi connectivity index (χ4n) is 4.07. The van der Waals surface area contributed by atoms with Crippen LogP contribution in [0.5, 0.6) is 0 Å². The number of rotatable bonds is 7. The molecule has 7 nitrogen and oxygen atoms in total. The predicted molar refractivity (Wildman–Crippen MR) is 138 cm³/mol. The summed E-state index contributed by atoms with van der Waals surface area (Å²) >= 11 is 0. The van der Waals surface area contributed by atoms with E-state index in [1.54, 1.807) is 12.4 Å². The number of aliphatic hydroxyl groups excluding tert-OH is 1. The van der Waals surface area contributed by atoms with Crippen LogP contribution in [0.1, 0.15) is 39.1 Å². The molecule has 184 valence electrons. The van der Waals surface area contributed by atoms with Gasteiger partial charge in [0.05, 0.1) is 0 Å². The number of aliphatic hydroxyl groups is 1. The average molecular weight is 475 g/mol. The molecule has 1 aliphatic heterocycles. The lowest BCUT2D eigenvalue weighted by Crippen LogP contribution is -2.36. The number of likely N-dealkylation sites (tertiary alicyclic amines) is 1. The molecule has 7 heteroatoms. The highest BCUT2D eigenvalue weighted by atomic mass is 16.2. The summed E-state index contributed by atoms with van der Waals surface area (Å²) in [5.74, 6) is 0.333. The second kappa shape index (κ2) is 13.4. The first-order valence-electron chi connectivity index (χ1n) is 11.9. The number of carbonyl (C=O) groups is 2. The Hall–Kier alpha value is -3.55. The number of benzene rings is 2. The molecule has 0 aliphatic carbocycles. The van der Waals surface area contributed by atoms with Crippen LogP contribution < -0.4 is 10.6 Å². The van der Waals surface area contributed by atoms with Crippen LogP contribution in [0.15, 0.2) is 73.1 Å². The molecule has 0 spiro atoms. The zero-order valence-corrected chi connectivity index (χ0v) is 20.4. The van der Waals surface area contributed by atoms with Crippen LogP contribution in [0.25, 0.3) is 11.1 Å². The van der Waals surface area contributed by atoms with Crippen LogP contribution in [0.3, 0.4) is 0 Å². The summed E-state index contributed by atoms with van der Waals surface area (Å²) in [5, 5.41) is 13.0. The van der Waals surface area contributed by atoms with E-state index in [4.69, 9.17) is 5.11 Å². The van der Waals surface area contributed by atoms with E-state index in [-0.39, 0.29) is 11.8 Å². The molecule has 1 aliphatic rings. The molecule has 0 radical (unpaired) electrons. The number of amides is 2. The summed E-state index contributed by atoms with van der Waals surface area (Å²) in [6.45, 7) is 3.24. The van der Waals surface area contributed by atoms with Gasteiger partial charge in [0.15, 0.2) is 0 Å². The highest BCUT2D eigenvalue weighted by Crippen LogP contribution is 2.19. The van der Waals surface area contributed by atoms with E-state index < -0.39 is 0 Å². The largest absolute Gasteiger partial charge is 0.400 e. The maximum absolute atomic E-state index is 12.6. The number of aromatic nitrogens is 1. The Kier molecular flexibility index (Phi) is 9.95. The first-order chi connectivity index (χ1) is 17.1. The van der Waals surface area contributed by atoms with Gasteiger partial charge in [0.1, 0.15) is 0 Å². The van der Waals surface area contributed by atoms with Crippen molar-refractivity contribution in [2.75, 3.05) is 33.8 Å². The Labute approximate surface area is 207 Å². The Morgan fingerprint density at radius 1 is 0.886 bits per heavy atom. The molecular formula is C28H34N4O3. The van der Waals surface area contributed by atoms with Crippen LogP contribution >= 0.6 is 0 Å². The minimum atomic E-state index is -0.145. The van der Waals surface area contributed by atoms with Gasteiger partial charge in [0.25, 0.3) is 11.8 Å². The van der Waals surface area contributed by atoms with E-state index >= 15 is 0 Å². The highest BCUT2D eigenvalue weighted by Gasteiger charge is 2.17. The van der Waals surface area contributed by atoms with Crippen LogP contribution in [0.4, 0.5) is 0 Å². The lowest BCUT2D eigenvalue weighted by Gasteiger charge is -2.28. The van der Waals surface area contributed by atoms with E-state index in [0.717, 1.165) is 49.7 Å². The number of piperidine rings is 1. The van der Waals surface area contributed by atoms with Crippen LogP contribution in [0, 0.1) is 5.92 Å². The molecule has 1 fully saturated rings. The maximum Gasteiger partial charge on any atom is 0.251 e. The van der Waals surface area contributed by atoms with Crippen molar-refractivity contribution in [1.29, 1.82) is 0 Å². The third kappa shape index (κ3) is 7.73. The van der Waals surface area contributed by atoms with Gasteiger partial charge in [-0.15, -0.1) is 0 Å². The number of nitrogens with one attached hydrogen (secondary N) is 2. The van der Waals surface area contributed by atoms with Crippen molar-refractivity contribution in [1.82, 2.24) is 20.5 Å². The lowest BCUT2D eigenvalue weighted by molar-refractivity contribution is 0.0936. The number of hydrogen-bond acceptors (Lipinski definition) is 5. The Balaban J connectivity index is 0.00000167. The molecule has 2 heterocycles. The summed E-state index contributed by atoms with van der Waals surface area (Å²) in [7, 11) is 3.14. The van der Waals surface area contributed by atoms with Crippen molar-refractivity contribution in [3.63, 3.8) is 0 Å². The summed E-state index contributed by atoms with van der Waals surface area (Å²) in [6, 6.07) is 18.8. The maximum atomic E-state index is 12.6. The molecule has 2 amide bonds. The van der Waals surface area contributed by atoms with E-state index in [9.17, 15) is 9.59 Å². The van der Waals surface area contributed by atoms with Crippen LogP contribution in [-0.4, -0.2) is 60.6 Å². The number of hydrogen-bond donors (Lipinski definition) is 3. The third-order valence-electron chi connectivity index (χ3n) is 6.19. The smallest absolute Gasteiger partial charge is 0.251 e. The normalized spacial score (nSPS) is 13.9. The SMILES string of the molecule is CN1CCC(CNC(=O)c2cccc(CNC(=O)c3ccc(-c4ccncc4)cc3)c2)CC1.CO. The van der Waals surface area contributed by atoms with Gasteiger partial charge >= 0.3 is 0 Å². The standard InChI is InChI=1S/C27H30N4O2.CH4O/c1-31-15-11-20(12-16-31)18-29-27(33)25-4-2-3-21(17-25)19-30-26(32)24-7-5-22(6-8-24)23-9-13-28-14-10-23;1-2/h2-10,13-14,17,20H,11-12,15-16,18-19H2,1H3,(H,29,33)(H,30,32);2H,1H3. The molecule has 3 N–H and O–H groups in total. The molecule has 0 saturated carbocycles. The van der Waals surface area contributed by atoms with Gasteiger partial charge in [0, 0.05) is 43.7 Å². The molecule has 1 aromatic heterocycles. The molecular weight excluding hydrogens is 440 g/mol. The summed E-state index contributed by atoms with van der Waals surface area (Å²) in [4.78, 5) is 31.5. The van der Waals surface area contributed by atoms with E-state index in [2.05, 4.69) is 27.6 Å². The van der Waals surface area contributed by atoms with Gasteiger partial charge in [-0.1, -0.05) is 24.3 Å². The first kappa shape index (κ1) is 26.1. The fraction of sp³-hybridized carbons (Fsp3) is 0.321. The third-order valence-corrected chi connectivity index (χ3v) is 6.19. The number of pyridine rings is 1. The zero-order valence-electron chi connectivity index (χ0n) is 20.4. The van der Waals surface area contributed by atoms with Gasteiger partial charge in [-0.3, -0.25) is 14.6 Å². The fourth-order valence-corrected chi connectivity index (χ4v) is 4.07. The Morgan fingerprint density at radius 3 is 2.20 bits per heavy atom. The minimum absolute atomic E-state index is 0.0613. The van der Waals surface area contributed by atoms with Crippen molar-refractivity contribution in [3.05, 3.63) is 89.7 Å². The number of nitrogens with zero attached hydrogens (tertiary/aromatic N) is 2. The minimum Gasteiger partial charge on any atom is -0.400 e. The molecule has 0 bridgehead atoms. The van der Waals surface area contributed by atoms with Crippen molar-refractivity contribution >= 4 is 11.8 Å². The second-order valence-electron chi connectivity index (χ2n) is 8.65. The van der Waals surface area contributed by atoms with Crippen molar-refractivity contribution in [2.45, 2.75) is 19.4 Å². The monoisotopic (exact) mass is 474 g/mol. The molecule has 2 aromatic carbocycles. The second-order valence-corrected chi connectivity index (χ2v) is 8.65. The average Bonchev–Trinajstić information content (AvgIpc) is 2.93. The quantitative estimate of drug-likeness (QED) is 0.488. The number of carbonyl (C=O) groups excluding carboxylic acids is 2. The van der Waals surface area contributed by atoms with E-state index in [1.807, 2.05) is 60.7 Å². The van der Waals surface area contributed by atoms with Gasteiger partial charge in [-0.2, -0.15) is 0 Å². The Morgan fingerprint density at radius 2 is 1.51 bits per heavy atom. The van der Waals surface area contributed by atoms with Crippen molar-refractivity contribution < 1.29 is 14.7 Å². The van der Waals surface area contributed by atoms with Crippen LogP contribution in [-0.2, 0) is 6.54 Å². The topological polar surface area (TPSA) is 94.6 Å². The van der Waals surface area contributed by atoms with Gasteiger partial charge in [0.2, 0.25) is 0 Å². The molecule has 3 aromatic rings. The molecule has 1 saturated heterocycles. The summed E-state index contributed by atoms with van der Waals surface area (Å²) in [6.07, 6.45) is 5.73. The van der Waals surface area contributed by atoms with Gasteiger partial charge in [-0.05, 0) is 92.0 Å². The van der Waals surface area contributed by atoms with E-state index in [0.29, 0.717) is 30.1 Å². The molecule has 0 unspecified atom stereocenters. The molecule has 35 heavy (non-hydrogen) atoms. The van der Waals surface area contributed by atoms with Crippen LogP contribution in [0.2, 0.25) is 0 Å². The Bertz CT molecular complexity index is 1080. The van der Waals surface area contributed by atoms with Gasteiger partial charge in [-0.25, -0.2) is 0 Å². The lowest BCUT2D eigenvalue weighted by atomic mass is 9.97. The van der Waals surface area contributed by atoms with E-state index in [1.165, 1.54) is 0 Å². The predicted octanol–water partition coefficient (Wildman–Crippen LogP) is 3.36. The highest BCUT2D eigenvalue weighted by molar-refractivity contribution is 5.95. The molecule has 0 atom stereocenters. The molecule has 4 rings (SSSR count). The zero-order chi connectivity index (χ0) is 25.0. The first-order valence-corrected chi connectivity index (χ1v) is 11.9.